The maximum atomic E-state index is 5.72. The van der Waals surface area contributed by atoms with Crippen molar-refractivity contribution in [2.24, 2.45) is 0 Å². The molecule has 0 aliphatic rings. The van der Waals surface area contributed by atoms with E-state index in [0.717, 1.165) is 22.2 Å². The maximum Gasteiger partial charge on any atom is 0.243 e. The molecule has 78 valence electrons. The second kappa shape index (κ2) is 3.57. The summed E-state index contributed by atoms with van der Waals surface area (Å²) in [6.45, 7) is 0. The predicted octanol–water partition coefficient (Wildman–Crippen LogP) is 2.67. The van der Waals surface area contributed by atoms with Gasteiger partial charge in [-0.1, -0.05) is 18.2 Å². The van der Waals surface area contributed by atoms with Crippen LogP contribution in [0.15, 0.2) is 36.7 Å². The number of para-hydroxylation sites is 1. The average molecular weight is 231 g/mol. The van der Waals surface area contributed by atoms with E-state index in [2.05, 4.69) is 20.2 Å². The molecule has 0 aliphatic carbocycles. The number of hydrogen-bond donors (Lipinski definition) is 1. The largest absolute Gasteiger partial charge is 0.360 e. The molecule has 0 unspecified atom stereocenters. The van der Waals surface area contributed by atoms with Crippen molar-refractivity contribution in [2.75, 3.05) is 0 Å². The van der Waals surface area contributed by atoms with E-state index >= 15 is 0 Å². The number of H-pyrrole nitrogens is 1. The number of nitrogens with zero attached hydrogens (tertiary/aromatic N) is 3. The molecule has 5 heteroatoms. The molecular formula is C11H7ClN4. The van der Waals surface area contributed by atoms with E-state index < -0.39 is 0 Å². The zero-order valence-electron chi connectivity index (χ0n) is 8.18. The zero-order chi connectivity index (χ0) is 11.0. The summed E-state index contributed by atoms with van der Waals surface area (Å²) >= 11 is 5.72. The fourth-order valence-electron chi connectivity index (χ4n) is 1.70. The van der Waals surface area contributed by atoms with Gasteiger partial charge in [-0.2, -0.15) is 5.10 Å². The van der Waals surface area contributed by atoms with E-state index in [1.807, 2.05) is 30.5 Å². The molecule has 0 amide bonds. The molecule has 0 radical (unpaired) electrons. The average Bonchev–Trinajstić information content (AvgIpc) is 2.72. The molecule has 0 saturated heterocycles. The summed E-state index contributed by atoms with van der Waals surface area (Å²) in [5.74, 6) is 0. The Morgan fingerprint density at radius 3 is 2.94 bits per heavy atom. The highest BCUT2D eigenvalue weighted by Gasteiger charge is 2.07. The van der Waals surface area contributed by atoms with Crippen LogP contribution in [0.2, 0.25) is 5.28 Å². The highest BCUT2D eigenvalue weighted by atomic mass is 35.5. The van der Waals surface area contributed by atoms with Gasteiger partial charge in [0.2, 0.25) is 5.28 Å². The molecule has 1 aromatic carbocycles. The summed E-state index contributed by atoms with van der Waals surface area (Å²) in [5.41, 5.74) is 2.76. The van der Waals surface area contributed by atoms with Gasteiger partial charge in [-0.3, -0.25) is 0 Å². The van der Waals surface area contributed by atoms with E-state index in [1.165, 1.54) is 0 Å². The van der Waals surface area contributed by atoms with Crippen LogP contribution in [0.3, 0.4) is 0 Å². The second-order valence-electron chi connectivity index (χ2n) is 3.36. The lowest BCUT2D eigenvalue weighted by molar-refractivity contribution is 0.975. The topological polar surface area (TPSA) is 54.5 Å². The van der Waals surface area contributed by atoms with Crippen molar-refractivity contribution in [3.05, 3.63) is 41.9 Å². The summed E-state index contributed by atoms with van der Waals surface area (Å²) < 4.78 is 0. The molecule has 3 rings (SSSR count). The Hall–Kier alpha value is -1.94. The smallest absolute Gasteiger partial charge is 0.243 e. The lowest BCUT2D eigenvalue weighted by Gasteiger charge is -1.97. The van der Waals surface area contributed by atoms with E-state index in [1.54, 1.807) is 6.20 Å². The van der Waals surface area contributed by atoms with Gasteiger partial charge in [0.1, 0.15) is 0 Å². The number of halogens is 1. The monoisotopic (exact) mass is 230 g/mol. The minimum absolute atomic E-state index is 0.155. The number of nitrogens with one attached hydrogen (secondary N) is 1. The van der Waals surface area contributed by atoms with Crippen molar-refractivity contribution in [3.8, 4) is 11.3 Å². The van der Waals surface area contributed by atoms with Gasteiger partial charge in [-0.25, -0.2) is 4.98 Å². The van der Waals surface area contributed by atoms with Crippen molar-refractivity contribution in [1.82, 2.24) is 20.2 Å². The van der Waals surface area contributed by atoms with Gasteiger partial charge in [-0.05, 0) is 17.7 Å². The Bertz CT molecular complexity index is 647. The van der Waals surface area contributed by atoms with E-state index in [4.69, 9.17) is 11.6 Å². The molecule has 0 saturated carbocycles. The number of benzene rings is 1. The first kappa shape index (κ1) is 9.30. The highest BCUT2D eigenvalue weighted by Crippen LogP contribution is 2.26. The number of fused-ring (bicyclic) bond motifs is 1. The van der Waals surface area contributed by atoms with Crippen molar-refractivity contribution in [2.45, 2.75) is 0 Å². The molecule has 0 fully saturated rings. The van der Waals surface area contributed by atoms with Crippen molar-refractivity contribution in [1.29, 1.82) is 0 Å². The molecule has 4 nitrogen and oxygen atoms in total. The van der Waals surface area contributed by atoms with E-state index in [-0.39, 0.29) is 5.28 Å². The van der Waals surface area contributed by atoms with Gasteiger partial charge in [0, 0.05) is 22.7 Å². The molecule has 1 N–H and O–H groups in total. The fraction of sp³-hybridized carbons (Fsp3) is 0. The van der Waals surface area contributed by atoms with Gasteiger partial charge in [-0.15, -0.1) is 5.10 Å². The summed E-state index contributed by atoms with van der Waals surface area (Å²) in [4.78, 5) is 7.31. The van der Waals surface area contributed by atoms with Gasteiger partial charge in [0.05, 0.1) is 11.9 Å². The summed E-state index contributed by atoms with van der Waals surface area (Å²) in [6, 6.07) is 8.00. The lowest BCUT2D eigenvalue weighted by Crippen LogP contribution is -1.89. The van der Waals surface area contributed by atoms with Crippen molar-refractivity contribution in [3.63, 3.8) is 0 Å². The summed E-state index contributed by atoms with van der Waals surface area (Å²) in [6.07, 6.45) is 3.49. The zero-order valence-corrected chi connectivity index (χ0v) is 8.94. The third-order valence-corrected chi connectivity index (χ3v) is 2.56. The molecule has 16 heavy (non-hydrogen) atoms. The highest BCUT2D eigenvalue weighted by molar-refractivity contribution is 6.28. The normalized spacial score (nSPS) is 10.8. The third kappa shape index (κ3) is 1.44. The van der Waals surface area contributed by atoms with Crippen molar-refractivity contribution >= 4 is 22.5 Å². The Morgan fingerprint density at radius 2 is 2.06 bits per heavy atom. The molecule has 0 atom stereocenters. The molecule has 3 aromatic rings. The van der Waals surface area contributed by atoms with Crippen molar-refractivity contribution < 1.29 is 0 Å². The van der Waals surface area contributed by atoms with Crippen LogP contribution in [-0.2, 0) is 0 Å². The SMILES string of the molecule is Clc1nncc(-c2c[nH]c3ccccc23)n1. The van der Waals surface area contributed by atoms with Crippen LogP contribution in [0.5, 0.6) is 0 Å². The fourth-order valence-corrected chi connectivity index (χ4v) is 1.83. The Morgan fingerprint density at radius 1 is 1.19 bits per heavy atom. The second-order valence-corrected chi connectivity index (χ2v) is 3.70. The molecule has 0 bridgehead atoms. The van der Waals surface area contributed by atoms with Crippen LogP contribution in [0, 0.1) is 0 Å². The third-order valence-electron chi connectivity index (χ3n) is 2.40. The maximum absolute atomic E-state index is 5.72. The van der Waals surface area contributed by atoms with Gasteiger partial charge in [0.25, 0.3) is 0 Å². The quantitative estimate of drug-likeness (QED) is 0.699. The van der Waals surface area contributed by atoms with Crippen LogP contribution >= 0.6 is 11.6 Å². The molecule has 2 heterocycles. The molecule has 2 aromatic heterocycles. The molecular weight excluding hydrogens is 224 g/mol. The first-order valence-corrected chi connectivity index (χ1v) is 5.14. The Balaban J connectivity index is 2.26. The summed E-state index contributed by atoms with van der Waals surface area (Å²) in [7, 11) is 0. The number of hydrogen-bond acceptors (Lipinski definition) is 3. The molecule has 0 spiro atoms. The van der Waals surface area contributed by atoms with Crippen LogP contribution < -0.4 is 0 Å². The minimum Gasteiger partial charge on any atom is -0.360 e. The van der Waals surface area contributed by atoms with Gasteiger partial charge in [0.15, 0.2) is 0 Å². The Kier molecular flexibility index (Phi) is 2.08. The first-order valence-electron chi connectivity index (χ1n) is 4.76. The van der Waals surface area contributed by atoms with E-state index in [0.29, 0.717) is 0 Å². The molecule has 0 aliphatic heterocycles. The minimum atomic E-state index is 0.155. The Labute approximate surface area is 96.3 Å². The number of rotatable bonds is 1. The summed E-state index contributed by atoms with van der Waals surface area (Å²) in [5, 5.41) is 8.66. The van der Waals surface area contributed by atoms with E-state index in [9.17, 15) is 0 Å². The standard InChI is InChI=1S/C11H7ClN4/c12-11-15-10(6-14-16-11)8-5-13-9-4-2-1-3-7(8)9/h1-6,13H. The number of aromatic amines is 1. The first-order chi connectivity index (χ1) is 7.84. The lowest BCUT2D eigenvalue weighted by atomic mass is 10.1. The van der Waals surface area contributed by atoms with Crippen LogP contribution in [0.4, 0.5) is 0 Å². The van der Waals surface area contributed by atoms with Crippen LogP contribution in [0.1, 0.15) is 0 Å². The van der Waals surface area contributed by atoms with Crippen LogP contribution in [0.25, 0.3) is 22.2 Å². The van der Waals surface area contributed by atoms with Gasteiger partial charge >= 0.3 is 0 Å². The van der Waals surface area contributed by atoms with Crippen LogP contribution in [-0.4, -0.2) is 20.2 Å². The predicted molar refractivity (Wildman–Crippen MR) is 62.1 cm³/mol. The van der Waals surface area contributed by atoms with Gasteiger partial charge < -0.3 is 4.98 Å². The number of aromatic nitrogens is 4.